The van der Waals surface area contributed by atoms with Crippen LogP contribution < -0.4 is 24.8 Å². The summed E-state index contributed by atoms with van der Waals surface area (Å²) in [6.45, 7) is 4.42. The van der Waals surface area contributed by atoms with Crippen molar-refractivity contribution < 1.29 is 51.0 Å². The minimum Gasteiger partial charge on any atom is -1.00 e. The van der Waals surface area contributed by atoms with E-state index < -0.39 is 0 Å². The van der Waals surface area contributed by atoms with Gasteiger partial charge in [-0.25, -0.2) is 0 Å². The molecule has 2 heterocycles. The van der Waals surface area contributed by atoms with Gasteiger partial charge in [0.1, 0.15) is 0 Å². The first-order valence-corrected chi connectivity index (χ1v) is 12.8. The summed E-state index contributed by atoms with van der Waals surface area (Å²) < 4.78 is 0. The quantitative estimate of drug-likeness (QED) is 0.218. The molecule has 131 valence electrons. The van der Waals surface area contributed by atoms with E-state index in [-0.39, 0.29) is 51.0 Å². The van der Waals surface area contributed by atoms with Gasteiger partial charge in [-0.3, -0.25) is 0 Å². The van der Waals surface area contributed by atoms with E-state index in [1.165, 1.54) is 12.3 Å². The number of hydrogen-bond acceptors (Lipinski definition) is 0. The van der Waals surface area contributed by atoms with Crippen LogP contribution in [0.15, 0.2) is 48.6 Å². The van der Waals surface area contributed by atoms with Crippen molar-refractivity contribution in [1.29, 1.82) is 0 Å². The molecule has 0 nitrogen and oxygen atoms in total. The molecule has 1 radical (unpaired) electrons. The molecule has 4 aliphatic rings. The van der Waals surface area contributed by atoms with Crippen LogP contribution in [0, 0.1) is 24.7 Å². The fourth-order valence-corrected chi connectivity index (χ4v) is 5.68. The van der Waals surface area contributed by atoms with E-state index in [1.807, 2.05) is 0 Å². The molecule has 6 atom stereocenters. The van der Waals surface area contributed by atoms with E-state index in [9.17, 15) is 0 Å². The van der Waals surface area contributed by atoms with Gasteiger partial charge >= 0.3 is 26.2 Å². The maximum atomic E-state index is 2.43. The zero-order chi connectivity index (χ0) is 14.9. The van der Waals surface area contributed by atoms with Crippen LogP contribution in [0.4, 0.5) is 0 Å². The van der Waals surface area contributed by atoms with Gasteiger partial charge in [-0.2, -0.15) is 12.3 Å². The van der Waals surface area contributed by atoms with Gasteiger partial charge in [0, 0.05) is 9.52 Å². The summed E-state index contributed by atoms with van der Waals surface area (Å²) in [6, 6.07) is 0. The minimum atomic E-state index is 0. The Balaban J connectivity index is 0. The number of rotatable bonds is 0. The Morgan fingerprint density at radius 3 is 1.42 bits per heavy atom. The number of halogens is 2. The summed E-state index contributed by atoms with van der Waals surface area (Å²) in [5, 5.41) is 0. The molecule has 0 saturated carbocycles. The van der Waals surface area contributed by atoms with Gasteiger partial charge < -0.3 is 37.7 Å². The Kier molecular flexibility index (Phi) is 19.2. The van der Waals surface area contributed by atoms with E-state index in [0.29, 0.717) is 0 Å². The van der Waals surface area contributed by atoms with Crippen molar-refractivity contribution in [3.8, 4) is 0 Å². The Morgan fingerprint density at radius 2 is 1.08 bits per heavy atom. The van der Waals surface area contributed by atoms with E-state index in [2.05, 4.69) is 74.5 Å². The molecule has 6 unspecified atom stereocenters. The van der Waals surface area contributed by atoms with E-state index in [0.717, 1.165) is 49.8 Å². The van der Waals surface area contributed by atoms with Crippen molar-refractivity contribution in [2.75, 3.05) is 12.3 Å². The Labute approximate surface area is 186 Å². The predicted molar refractivity (Wildman–Crippen MR) is 105 cm³/mol. The Hall–Kier alpha value is 1.50. The van der Waals surface area contributed by atoms with Crippen molar-refractivity contribution in [2.24, 2.45) is 11.8 Å². The molecule has 0 aromatic rings. The molecule has 6 heteroatoms. The minimum absolute atomic E-state index is 0. The summed E-state index contributed by atoms with van der Waals surface area (Å²) in [7, 11) is 3.04. The molecule has 0 N–H and O–H groups in total. The molecule has 0 bridgehead atoms. The molecule has 0 amide bonds. The third-order valence-corrected chi connectivity index (χ3v) is 6.88. The van der Waals surface area contributed by atoms with Crippen LogP contribution in [0.3, 0.4) is 0 Å². The van der Waals surface area contributed by atoms with Gasteiger partial charge in [-0.1, -0.05) is 49.6 Å². The molecule has 2 fully saturated rings. The number of fused-ring (bicyclic) bond motifs is 2. The molecular weight excluding hydrogens is 468 g/mol. The summed E-state index contributed by atoms with van der Waals surface area (Å²) in [6.07, 6.45) is 25.5. The second-order valence-electron chi connectivity index (χ2n) is 5.61. The second-order valence-corrected chi connectivity index (χ2v) is 9.73. The van der Waals surface area contributed by atoms with Crippen LogP contribution in [-0.4, -0.2) is 33.2 Å². The molecule has 24 heavy (non-hydrogen) atoms. The molecule has 2 aliphatic heterocycles. The normalized spacial score (nSPS) is 32.1. The monoisotopic (exact) mass is 493 g/mol. The van der Waals surface area contributed by atoms with Crippen molar-refractivity contribution >= 4 is 26.7 Å². The van der Waals surface area contributed by atoms with Gasteiger partial charge in [-0.05, 0) is 11.3 Å². The molecule has 0 spiro atoms. The predicted octanol–water partition coefficient (Wildman–Crippen LogP) is -1.49. The zero-order valence-electron chi connectivity index (χ0n) is 14.3. The van der Waals surface area contributed by atoms with Crippen LogP contribution in [0.1, 0.15) is 0 Å². The first kappa shape index (κ1) is 27.7. The van der Waals surface area contributed by atoms with Crippen LogP contribution in [-0.2, 0) is 26.2 Å². The van der Waals surface area contributed by atoms with E-state index in [4.69, 9.17) is 0 Å². The van der Waals surface area contributed by atoms with Crippen LogP contribution in [0.5, 0.6) is 0 Å². The summed E-state index contributed by atoms with van der Waals surface area (Å²) in [4.78, 5) is 0. The average Bonchev–Trinajstić information content (AvgIpc) is 3.17. The molecular formula is C18H27Cl2P2SiZr. The van der Waals surface area contributed by atoms with Crippen molar-refractivity contribution in [2.45, 2.75) is 24.4 Å². The average molecular weight is 496 g/mol. The van der Waals surface area contributed by atoms with Crippen molar-refractivity contribution in [1.82, 2.24) is 0 Å². The summed E-state index contributed by atoms with van der Waals surface area (Å²) >= 11 is 0. The van der Waals surface area contributed by atoms with Gasteiger partial charge in [0.15, 0.2) is 0 Å². The molecule has 0 aromatic carbocycles. The molecule has 2 aliphatic carbocycles. The third kappa shape index (κ3) is 9.44. The SMILES string of the molecule is C1=CC2[CH-]CPC2C=C1.C1=CC2[CH-]CPC2C=C1.C[SiH]C.[Cl-].[Cl-].[Zr+4]. The van der Waals surface area contributed by atoms with Crippen LogP contribution in [0.25, 0.3) is 0 Å². The standard InChI is InChI=1S/2C8H10P.C2H7Si.2ClH.Zr/c2*1-2-4-8-7(3-1)5-6-9-8;1-3-2;;;/h2*1-5,7-9H,6H2;3H,1-2H3;2*1H;/q2*-1;;;;+4/p-2. The maximum absolute atomic E-state index is 2.43. The van der Waals surface area contributed by atoms with Gasteiger partial charge in [0.25, 0.3) is 0 Å². The first-order chi connectivity index (χ1) is 10.3. The van der Waals surface area contributed by atoms with Crippen LogP contribution >= 0.6 is 17.2 Å². The second kappa shape index (κ2) is 16.7. The van der Waals surface area contributed by atoms with Crippen LogP contribution in [0.2, 0.25) is 13.1 Å². The fourth-order valence-electron chi connectivity index (χ4n) is 2.79. The van der Waals surface area contributed by atoms with E-state index >= 15 is 0 Å². The summed E-state index contributed by atoms with van der Waals surface area (Å²) in [5.74, 6) is 1.57. The topological polar surface area (TPSA) is 0 Å². The third-order valence-electron chi connectivity index (χ3n) is 3.84. The molecule has 0 aromatic heterocycles. The van der Waals surface area contributed by atoms with Gasteiger partial charge in [0.2, 0.25) is 0 Å². The number of hydrogen-bond donors (Lipinski definition) is 0. The molecule has 4 rings (SSSR count). The Morgan fingerprint density at radius 1 is 0.750 bits per heavy atom. The Bertz CT molecular complexity index is 353. The van der Waals surface area contributed by atoms with Gasteiger partial charge in [-0.15, -0.1) is 41.1 Å². The fraction of sp³-hybridized carbons (Fsp3) is 0.444. The first-order valence-electron chi connectivity index (χ1n) is 7.92. The van der Waals surface area contributed by atoms with Crippen molar-refractivity contribution in [3.63, 3.8) is 0 Å². The smallest absolute Gasteiger partial charge is 1.00 e. The summed E-state index contributed by atoms with van der Waals surface area (Å²) in [5.41, 5.74) is 1.74. The largest absolute Gasteiger partial charge is 4.00 e. The van der Waals surface area contributed by atoms with Crippen molar-refractivity contribution in [3.05, 3.63) is 61.4 Å². The number of allylic oxidation sites excluding steroid dienone is 8. The molecule has 2 saturated heterocycles. The zero-order valence-corrected chi connectivity index (χ0v) is 21.5. The van der Waals surface area contributed by atoms with Gasteiger partial charge in [0.05, 0.1) is 0 Å². The maximum Gasteiger partial charge on any atom is 4.00 e. The van der Waals surface area contributed by atoms with E-state index in [1.54, 1.807) is 0 Å².